The van der Waals surface area contributed by atoms with Crippen LogP contribution in [0, 0.1) is 0 Å². The van der Waals surface area contributed by atoms with E-state index < -0.39 is 6.09 Å². The molecule has 0 atom stereocenters. The molecule has 8 nitrogen and oxygen atoms in total. The molecule has 0 saturated carbocycles. The average molecular weight is 430 g/mol. The Morgan fingerprint density at radius 1 is 0.938 bits per heavy atom. The van der Waals surface area contributed by atoms with Gasteiger partial charge in [0.05, 0.1) is 5.69 Å². The van der Waals surface area contributed by atoms with Crippen molar-refractivity contribution in [3.05, 3.63) is 96.4 Å². The smallest absolute Gasteiger partial charge is 0.407 e. The van der Waals surface area contributed by atoms with Gasteiger partial charge >= 0.3 is 6.09 Å². The van der Waals surface area contributed by atoms with Crippen LogP contribution in [0.25, 0.3) is 5.65 Å². The van der Waals surface area contributed by atoms with Crippen molar-refractivity contribution in [2.75, 3.05) is 11.9 Å². The number of alkyl carbamates (subject to hydrolysis) is 1. The van der Waals surface area contributed by atoms with E-state index in [-0.39, 0.29) is 19.1 Å². The Morgan fingerprint density at radius 3 is 2.62 bits per heavy atom. The van der Waals surface area contributed by atoms with E-state index in [1.54, 1.807) is 24.3 Å². The summed E-state index contributed by atoms with van der Waals surface area (Å²) in [6.07, 6.45) is 3.17. The van der Waals surface area contributed by atoms with Crippen molar-refractivity contribution in [2.45, 2.75) is 13.2 Å². The Balaban J connectivity index is 1.23. The van der Waals surface area contributed by atoms with Gasteiger partial charge in [-0.25, -0.2) is 9.78 Å². The molecule has 0 spiro atoms. The minimum absolute atomic E-state index is 0.139. The lowest BCUT2D eigenvalue weighted by Crippen LogP contribution is -2.33. The second-order valence-electron chi connectivity index (χ2n) is 6.98. The summed E-state index contributed by atoms with van der Waals surface area (Å²) in [4.78, 5) is 28.4. The number of nitrogens with zero attached hydrogens (tertiary/aromatic N) is 2. The predicted octanol–water partition coefficient (Wildman–Crippen LogP) is 3.78. The molecule has 2 heterocycles. The SMILES string of the molecule is O=C(CNC(=O)OCc1ccccc1)Nc1cccc(OCc2cn3ccccc3n2)c1. The minimum atomic E-state index is -0.659. The normalized spacial score (nSPS) is 10.5. The molecular weight excluding hydrogens is 408 g/mol. The van der Waals surface area contributed by atoms with Crippen LogP contribution in [0.4, 0.5) is 10.5 Å². The maximum absolute atomic E-state index is 12.1. The van der Waals surface area contributed by atoms with Crippen LogP contribution in [-0.4, -0.2) is 27.9 Å². The standard InChI is InChI=1S/C24H22N4O4/c29-23(14-25-24(30)32-16-18-7-2-1-3-8-18)27-19-9-6-10-21(13-19)31-17-20-15-28-12-5-4-11-22(28)26-20/h1-13,15H,14,16-17H2,(H,25,30)(H,27,29). The maximum atomic E-state index is 12.1. The fourth-order valence-corrected chi connectivity index (χ4v) is 3.01. The first-order valence-electron chi connectivity index (χ1n) is 10.1. The molecule has 0 aliphatic heterocycles. The number of hydrogen-bond donors (Lipinski definition) is 2. The van der Waals surface area contributed by atoms with Crippen LogP contribution in [0.5, 0.6) is 5.75 Å². The van der Waals surface area contributed by atoms with Crippen LogP contribution in [0.3, 0.4) is 0 Å². The number of imidazole rings is 1. The molecule has 0 unspecified atom stereocenters. The molecule has 32 heavy (non-hydrogen) atoms. The number of aromatic nitrogens is 2. The third kappa shape index (κ3) is 5.85. The van der Waals surface area contributed by atoms with Gasteiger partial charge in [0.2, 0.25) is 5.91 Å². The first-order chi connectivity index (χ1) is 15.7. The van der Waals surface area contributed by atoms with Gasteiger partial charge in [0, 0.05) is 24.1 Å². The van der Waals surface area contributed by atoms with Gasteiger partial charge in [0.1, 0.15) is 31.2 Å². The van der Waals surface area contributed by atoms with Crippen molar-refractivity contribution in [1.29, 1.82) is 0 Å². The van der Waals surface area contributed by atoms with E-state index in [9.17, 15) is 9.59 Å². The zero-order valence-corrected chi connectivity index (χ0v) is 17.2. The van der Waals surface area contributed by atoms with Crippen molar-refractivity contribution >= 4 is 23.3 Å². The number of anilines is 1. The van der Waals surface area contributed by atoms with E-state index in [1.165, 1.54) is 0 Å². The number of ether oxygens (including phenoxy) is 2. The Bertz CT molecular complexity index is 1170. The number of rotatable bonds is 8. The van der Waals surface area contributed by atoms with Gasteiger partial charge < -0.3 is 24.5 Å². The fourth-order valence-electron chi connectivity index (χ4n) is 3.01. The molecule has 0 bridgehead atoms. The van der Waals surface area contributed by atoms with Crippen LogP contribution in [0.2, 0.25) is 0 Å². The fraction of sp³-hybridized carbons (Fsp3) is 0.125. The lowest BCUT2D eigenvalue weighted by atomic mass is 10.2. The molecule has 0 fully saturated rings. The summed E-state index contributed by atoms with van der Waals surface area (Å²) in [7, 11) is 0. The molecule has 162 valence electrons. The Labute approximate surface area is 184 Å². The molecule has 4 rings (SSSR count). The number of hydrogen-bond acceptors (Lipinski definition) is 5. The molecule has 0 aliphatic carbocycles. The molecule has 0 radical (unpaired) electrons. The number of benzene rings is 2. The van der Waals surface area contributed by atoms with Crippen LogP contribution in [0.1, 0.15) is 11.3 Å². The number of fused-ring (bicyclic) bond motifs is 1. The Morgan fingerprint density at radius 2 is 1.78 bits per heavy atom. The van der Waals surface area contributed by atoms with Gasteiger partial charge in [-0.1, -0.05) is 42.5 Å². The second kappa shape index (κ2) is 10.1. The Hall–Kier alpha value is -4.33. The summed E-state index contributed by atoms with van der Waals surface area (Å²) in [6.45, 7) is 0.230. The molecule has 0 aliphatic rings. The monoisotopic (exact) mass is 430 g/mol. The third-order valence-electron chi connectivity index (χ3n) is 4.52. The zero-order chi connectivity index (χ0) is 22.2. The first kappa shape index (κ1) is 20.9. The number of pyridine rings is 1. The van der Waals surface area contributed by atoms with Gasteiger partial charge in [0.25, 0.3) is 0 Å². The van der Waals surface area contributed by atoms with Crippen LogP contribution in [-0.2, 0) is 22.7 Å². The highest BCUT2D eigenvalue weighted by molar-refractivity contribution is 5.93. The number of nitrogens with one attached hydrogen (secondary N) is 2. The van der Waals surface area contributed by atoms with Crippen molar-refractivity contribution in [3.63, 3.8) is 0 Å². The quantitative estimate of drug-likeness (QED) is 0.444. The molecule has 2 amide bonds. The van der Waals surface area contributed by atoms with E-state index in [2.05, 4.69) is 15.6 Å². The van der Waals surface area contributed by atoms with Gasteiger partial charge in [-0.05, 0) is 29.8 Å². The summed E-state index contributed by atoms with van der Waals surface area (Å²) in [5, 5.41) is 5.15. The highest BCUT2D eigenvalue weighted by Gasteiger charge is 2.08. The van der Waals surface area contributed by atoms with Crippen LogP contribution >= 0.6 is 0 Å². The Kier molecular flexibility index (Phi) is 6.62. The molecular formula is C24H22N4O4. The van der Waals surface area contributed by atoms with Crippen molar-refractivity contribution in [3.8, 4) is 5.75 Å². The third-order valence-corrected chi connectivity index (χ3v) is 4.52. The largest absolute Gasteiger partial charge is 0.487 e. The lowest BCUT2D eigenvalue weighted by molar-refractivity contribution is -0.115. The highest BCUT2D eigenvalue weighted by Crippen LogP contribution is 2.18. The molecule has 4 aromatic rings. The van der Waals surface area contributed by atoms with E-state index >= 15 is 0 Å². The van der Waals surface area contributed by atoms with E-state index in [0.717, 1.165) is 16.9 Å². The van der Waals surface area contributed by atoms with Crippen molar-refractivity contribution in [2.24, 2.45) is 0 Å². The molecule has 2 aromatic heterocycles. The van der Waals surface area contributed by atoms with E-state index in [0.29, 0.717) is 18.0 Å². The zero-order valence-electron chi connectivity index (χ0n) is 17.2. The minimum Gasteiger partial charge on any atom is -0.487 e. The summed E-state index contributed by atoms with van der Waals surface area (Å²) < 4.78 is 12.8. The molecule has 2 N–H and O–H groups in total. The number of carbonyl (C=O) groups excluding carboxylic acids is 2. The van der Waals surface area contributed by atoms with Crippen molar-refractivity contribution in [1.82, 2.24) is 14.7 Å². The van der Waals surface area contributed by atoms with E-state index in [1.807, 2.05) is 65.3 Å². The predicted molar refractivity (Wildman–Crippen MR) is 119 cm³/mol. The van der Waals surface area contributed by atoms with Crippen LogP contribution in [0.15, 0.2) is 85.2 Å². The summed E-state index contributed by atoms with van der Waals surface area (Å²) in [6, 6.07) is 22.1. The van der Waals surface area contributed by atoms with Gasteiger partial charge in [0.15, 0.2) is 0 Å². The summed E-state index contributed by atoms with van der Waals surface area (Å²) in [5.41, 5.74) is 3.07. The second-order valence-corrected chi connectivity index (χ2v) is 6.98. The summed E-state index contributed by atoms with van der Waals surface area (Å²) >= 11 is 0. The van der Waals surface area contributed by atoms with Crippen LogP contribution < -0.4 is 15.4 Å². The number of carbonyl (C=O) groups is 2. The molecule has 0 saturated heterocycles. The van der Waals surface area contributed by atoms with Crippen molar-refractivity contribution < 1.29 is 19.1 Å². The van der Waals surface area contributed by atoms with Gasteiger partial charge in [-0.3, -0.25) is 4.79 Å². The van der Waals surface area contributed by atoms with Gasteiger partial charge in [-0.15, -0.1) is 0 Å². The number of amides is 2. The van der Waals surface area contributed by atoms with E-state index in [4.69, 9.17) is 9.47 Å². The summed E-state index contributed by atoms with van der Waals surface area (Å²) in [5.74, 6) is 0.217. The lowest BCUT2D eigenvalue weighted by Gasteiger charge is -2.10. The molecule has 8 heteroatoms. The molecule has 2 aromatic carbocycles. The maximum Gasteiger partial charge on any atom is 0.407 e. The average Bonchev–Trinajstić information content (AvgIpc) is 3.24. The highest BCUT2D eigenvalue weighted by atomic mass is 16.5. The van der Waals surface area contributed by atoms with Gasteiger partial charge in [-0.2, -0.15) is 0 Å². The first-order valence-corrected chi connectivity index (χ1v) is 10.1. The topological polar surface area (TPSA) is 94.0 Å².